The number of nitrogens with one attached hydrogen (secondary N) is 1. The lowest BCUT2D eigenvalue weighted by Crippen LogP contribution is -2.33. The minimum atomic E-state index is 0. The van der Waals surface area contributed by atoms with Gasteiger partial charge in [-0.05, 0) is 30.7 Å². The molecule has 3 N–H and O–H groups in total. The van der Waals surface area contributed by atoms with E-state index in [-0.39, 0.29) is 24.4 Å². The summed E-state index contributed by atoms with van der Waals surface area (Å²) in [5.41, 5.74) is 6.63. The summed E-state index contributed by atoms with van der Waals surface area (Å²) < 4.78 is 0. The van der Waals surface area contributed by atoms with Crippen LogP contribution in [0.15, 0.2) is 12.3 Å². The second kappa shape index (κ2) is 5.11. The summed E-state index contributed by atoms with van der Waals surface area (Å²) in [5, 5.41) is 0.574. The predicted molar refractivity (Wildman–Crippen MR) is 73.1 cm³/mol. The van der Waals surface area contributed by atoms with Gasteiger partial charge >= 0.3 is 0 Å². The molecule has 1 saturated carbocycles. The molecule has 3 atom stereocenters. The fourth-order valence-corrected chi connectivity index (χ4v) is 3.30. The number of likely N-dealkylation sites (tertiary alicyclic amines) is 1. The highest BCUT2D eigenvalue weighted by Crippen LogP contribution is 2.37. The van der Waals surface area contributed by atoms with Gasteiger partial charge in [0.05, 0.1) is 5.02 Å². The van der Waals surface area contributed by atoms with Gasteiger partial charge in [0.15, 0.2) is 0 Å². The van der Waals surface area contributed by atoms with Crippen molar-refractivity contribution in [3.63, 3.8) is 0 Å². The van der Waals surface area contributed by atoms with Crippen LogP contribution in [0.5, 0.6) is 0 Å². The van der Waals surface area contributed by atoms with E-state index in [0.29, 0.717) is 22.6 Å². The van der Waals surface area contributed by atoms with E-state index in [1.54, 1.807) is 12.3 Å². The fraction of sp³-hybridized carbons (Fsp3) is 0.583. The Morgan fingerprint density at radius 2 is 2.22 bits per heavy atom. The Bertz CT molecular complexity index is 448. The summed E-state index contributed by atoms with van der Waals surface area (Å²) in [4.78, 5) is 17.0. The second-order valence-electron chi connectivity index (χ2n) is 5.11. The van der Waals surface area contributed by atoms with Crippen molar-refractivity contribution in [3.05, 3.63) is 23.0 Å². The first-order valence-electron chi connectivity index (χ1n) is 6.04. The largest absolute Gasteiger partial charge is 0.356 e. The normalized spacial score (nSPS) is 30.1. The first-order chi connectivity index (χ1) is 8.15. The number of aromatic nitrogens is 1. The van der Waals surface area contributed by atoms with E-state index >= 15 is 0 Å². The Balaban J connectivity index is 0.00000120. The average molecular weight is 290 g/mol. The van der Waals surface area contributed by atoms with Crippen LogP contribution in [0.25, 0.3) is 0 Å². The fourth-order valence-electron chi connectivity index (χ4n) is 3.14. The van der Waals surface area contributed by atoms with Crippen LogP contribution < -0.4 is 5.73 Å². The Kier molecular flexibility index (Phi) is 3.90. The van der Waals surface area contributed by atoms with E-state index in [2.05, 4.69) is 4.98 Å². The highest BCUT2D eigenvalue weighted by molar-refractivity contribution is 6.30. The number of amides is 1. The van der Waals surface area contributed by atoms with E-state index < -0.39 is 0 Å². The maximum Gasteiger partial charge on any atom is 0.270 e. The minimum Gasteiger partial charge on any atom is -0.356 e. The first-order valence-corrected chi connectivity index (χ1v) is 6.41. The van der Waals surface area contributed by atoms with E-state index in [9.17, 15) is 4.79 Å². The standard InChI is InChI=1S/C12H16ClN3O.ClH/c13-8-3-11(15-4-8)12(17)16-5-7-1-2-10(14)9(7)6-16;/h3-4,7,9-10,15H,1-2,5-6,14H2;1H. The lowest BCUT2D eigenvalue weighted by Gasteiger charge is -2.17. The maximum absolute atomic E-state index is 12.2. The number of nitrogens with zero attached hydrogens (tertiary/aromatic N) is 1. The van der Waals surface area contributed by atoms with Crippen molar-refractivity contribution in [3.8, 4) is 0 Å². The number of nitrogens with two attached hydrogens (primary N) is 1. The molecule has 2 aliphatic rings. The van der Waals surface area contributed by atoms with Gasteiger partial charge in [0.25, 0.3) is 5.91 Å². The molecule has 0 bridgehead atoms. The number of hydrogen-bond donors (Lipinski definition) is 2. The highest BCUT2D eigenvalue weighted by atomic mass is 35.5. The van der Waals surface area contributed by atoms with Crippen LogP contribution >= 0.6 is 24.0 Å². The van der Waals surface area contributed by atoms with E-state index in [1.807, 2.05) is 4.90 Å². The molecule has 1 saturated heterocycles. The van der Waals surface area contributed by atoms with Crippen LogP contribution in [0.1, 0.15) is 23.3 Å². The summed E-state index contributed by atoms with van der Waals surface area (Å²) >= 11 is 5.81. The van der Waals surface area contributed by atoms with Crippen molar-refractivity contribution in [1.82, 2.24) is 9.88 Å². The number of hydrogen-bond acceptors (Lipinski definition) is 2. The van der Waals surface area contributed by atoms with Gasteiger partial charge in [-0.1, -0.05) is 11.6 Å². The molecule has 0 radical (unpaired) electrons. The van der Waals surface area contributed by atoms with E-state index in [0.717, 1.165) is 25.9 Å². The third kappa shape index (κ3) is 2.25. The molecule has 18 heavy (non-hydrogen) atoms. The molecule has 0 aromatic carbocycles. The van der Waals surface area contributed by atoms with Crippen molar-refractivity contribution in [1.29, 1.82) is 0 Å². The average Bonchev–Trinajstić information content (AvgIpc) is 2.96. The van der Waals surface area contributed by atoms with Crippen LogP contribution in [-0.2, 0) is 0 Å². The molecule has 2 fully saturated rings. The number of rotatable bonds is 1. The predicted octanol–water partition coefficient (Wildman–Crippen LogP) is 1.90. The summed E-state index contributed by atoms with van der Waals surface area (Å²) in [6, 6.07) is 1.95. The molecule has 6 heteroatoms. The molecule has 3 rings (SSSR count). The SMILES string of the molecule is Cl.NC1CCC2CN(C(=O)c3cc(Cl)c[nH]3)CC12. The van der Waals surface area contributed by atoms with Gasteiger partial charge < -0.3 is 15.6 Å². The van der Waals surface area contributed by atoms with Gasteiger partial charge in [0, 0.05) is 25.3 Å². The van der Waals surface area contributed by atoms with Gasteiger partial charge in [-0.2, -0.15) is 0 Å². The van der Waals surface area contributed by atoms with Crippen LogP contribution in [0, 0.1) is 11.8 Å². The first kappa shape index (κ1) is 13.7. The summed E-state index contributed by atoms with van der Waals surface area (Å²) in [5.74, 6) is 1.13. The van der Waals surface area contributed by atoms with Gasteiger partial charge in [-0.25, -0.2) is 0 Å². The Morgan fingerprint density at radius 3 is 2.83 bits per heavy atom. The number of H-pyrrole nitrogens is 1. The second-order valence-corrected chi connectivity index (χ2v) is 5.54. The maximum atomic E-state index is 12.2. The summed E-state index contributed by atoms with van der Waals surface area (Å²) in [6.07, 6.45) is 3.89. The Hall–Kier alpha value is -0.710. The number of carbonyl (C=O) groups excluding carboxylic acids is 1. The van der Waals surface area contributed by atoms with Crippen LogP contribution in [0.3, 0.4) is 0 Å². The zero-order valence-electron chi connectivity index (χ0n) is 9.93. The van der Waals surface area contributed by atoms with Crippen molar-refractivity contribution < 1.29 is 4.79 Å². The molecule has 100 valence electrons. The van der Waals surface area contributed by atoms with E-state index in [4.69, 9.17) is 17.3 Å². The number of aromatic amines is 1. The van der Waals surface area contributed by atoms with Crippen molar-refractivity contribution in [2.75, 3.05) is 13.1 Å². The van der Waals surface area contributed by atoms with Gasteiger partial charge in [-0.15, -0.1) is 12.4 Å². The lowest BCUT2D eigenvalue weighted by atomic mass is 9.98. The number of carbonyl (C=O) groups is 1. The van der Waals surface area contributed by atoms with E-state index in [1.165, 1.54) is 0 Å². The Labute approximate surface area is 117 Å². The quantitative estimate of drug-likeness (QED) is 0.829. The molecule has 1 aromatic heterocycles. The van der Waals surface area contributed by atoms with Gasteiger partial charge in [-0.3, -0.25) is 4.79 Å². The van der Waals surface area contributed by atoms with Crippen molar-refractivity contribution in [2.24, 2.45) is 17.6 Å². The minimum absolute atomic E-state index is 0. The van der Waals surface area contributed by atoms with Crippen molar-refractivity contribution in [2.45, 2.75) is 18.9 Å². The topological polar surface area (TPSA) is 62.1 Å². The van der Waals surface area contributed by atoms with Crippen molar-refractivity contribution >= 4 is 29.9 Å². The molecule has 0 spiro atoms. The van der Waals surface area contributed by atoms with Crippen LogP contribution in [0.2, 0.25) is 5.02 Å². The third-order valence-corrected chi connectivity index (χ3v) is 4.30. The molecular formula is C12H17Cl2N3O. The van der Waals surface area contributed by atoms with Crippen LogP contribution in [-0.4, -0.2) is 34.9 Å². The zero-order valence-corrected chi connectivity index (χ0v) is 11.5. The molecule has 1 aliphatic heterocycles. The molecule has 1 amide bonds. The molecule has 1 aliphatic carbocycles. The highest BCUT2D eigenvalue weighted by Gasteiger charge is 2.42. The third-order valence-electron chi connectivity index (χ3n) is 4.08. The number of halogens is 2. The van der Waals surface area contributed by atoms with Gasteiger partial charge in [0.1, 0.15) is 5.69 Å². The van der Waals surface area contributed by atoms with Crippen LogP contribution in [0.4, 0.5) is 0 Å². The summed E-state index contributed by atoms with van der Waals surface area (Å²) in [6.45, 7) is 1.63. The summed E-state index contributed by atoms with van der Waals surface area (Å²) in [7, 11) is 0. The molecule has 3 unspecified atom stereocenters. The molecule has 1 aromatic rings. The zero-order chi connectivity index (χ0) is 12.0. The van der Waals surface area contributed by atoms with Gasteiger partial charge in [0.2, 0.25) is 0 Å². The molecular weight excluding hydrogens is 273 g/mol. The number of fused-ring (bicyclic) bond motifs is 1. The molecule has 4 nitrogen and oxygen atoms in total. The monoisotopic (exact) mass is 289 g/mol. The lowest BCUT2D eigenvalue weighted by molar-refractivity contribution is 0.0774. The molecule has 2 heterocycles. The Morgan fingerprint density at radius 1 is 1.44 bits per heavy atom. The smallest absolute Gasteiger partial charge is 0.270 e.